The molecule has 0 bridgehead atoms. The molecule has 2 aromatic carbocycles. The van der Waals surface area contributed by atoms with Crippen molar-refractivity contribution in [3.63, 3.8) is 0 Å². The van der Waals surface area contributed by atoms with Crippen LogP contribution in [0, 0.1) is 12.8 Å². The minimum Gasteiger partial charge on any atom is -0.326 e. The van der Waals surface area contributed by atoms with Gasteiger partial charge in [-0.3, -0.25) is 4.79 Å². The number of rotatable bonds is 7. The first-order chi connectivity index (χ1) is 13.9. The van der Waals surface area contributed by atoms with E-state index in [4.69, 9.17) is 0 Å². The number of carbonyl (C=O) groups excluding carboxylic acids is 1. The summed E-state index contributed by atoms with van der Waals surface area (Å²) in [5.74, 6) is -0.196. The van der Waals surface area contributed by atoms with Gasteiger partial charge in [-0.2, -0.15) is 4.31 Å². The van der Waals surface area contributed by atoms with Crippen LogP contribution < -0.4 is 5.32 Å². The summed E-state index contributed by atoms with van der Waals surface area (Å²) in [6.07, 6.45) is 4.45. The molecule has 5 nitrogen and oxygen atoms in total. The van der Waals surface area contributed by atoms with Gasteiger partial charge in [0.2, 0.25) is 15.9 Å². The Balaban J connectivity index is 1.54. The second-order valence-electron chi connectivity index (χ2n) is 7.78. The lowest BCUT2D eigenvalue weighted by Crippen LogP contribution is -2.41. The summed E-state index contributed by atoms with van der Waals surface area (Å²) in [6.45, 7) is 4.83. The number of nitrogens with zero attached hydrogens (tertiary/aromatic N) is 1. The number of piperidine rings is 1. The summed E-state index contributed by atoms with van der Waals surface area (Å²) in [6, 6.07) is 14.9. The lowest BCUT2D eigenvalue weighted by atomic mass is 9.97. The van der Waals surface area contributed by atoms with Crippen molar-refractivity contribution in [2.24, 2.45) is 5.92 Å². The fourth-order valence-electron chi connectivity index (χ4n) is 3.60. The van der Waals surface area contributed by atoms with Gasteiger partial charge in [-0.1, -0.05) is 43.2 Å². The van der Waals surface area contributed by atoms with Crippen molar-refractivity contribution in [2.45, 2.75) is 50.8 Å². The van der Waals surface area contributed by atoms with E-state index >= 15 is 0 Å². The molecular weight excluding hydrogens is 384 g/mol. The van der Waals surface area contributed by atoms with E-state index in [1.165, 1.54) is 9.87 Å². The van der Waals surface area contributed by atoms with Gasteiger partial charge in [-0.05, 0) is 62.4 Å². The third-order valence-electron chi connectivity index (χ3n) is 5.52. The molecule has 0 aromatic heterocycles. The molecule has 0 unspecified atom stereocenters. The zero-order valence-electron chi connectivity index (χ0n) is 17.2. The molecule has 0 atom stereocenters. The van der Waals surface area contributed by atoms with Gasteiger partial charge in [-0.15, -0.1) is 0 Å². The van der Waals surface area contributed by atoms with E-state index in [1.54, 1.807) is 24.3 Å². The normalized spacial score (nSPS) is 15.9. The molecule has 6 heteroatoms. The molecule has 0 aliphatic carbocycles. The SMILES string of the molecule is CCCCc1ccc(NC(=O)C2CCN(S(=O)(=O)c3ccc(C)cc3)CC2)cc1. The zero-order chi connectivity index (χ0) is 20.9. The highest BCUT2D eigenvalue weighted by molar-refractivity contribution is 7.89. The van der Waals surface area contributed by atoms with Crippen LogP contribution in [0.3, 0.4) is 0 Å². The Bertz CT molecular complexity index is 914. The Morgan fingerprint density at radius 1 is 1.03 bits per heavy atom. The van der Waals surface area contributed by atoms with Crippen LogP contribution in [-0.4, -0.2) is 31.7 Å². The molecule has 1 saturated heterocycles. The van der Waals surface area contributed by atoms with E-state index in [-0.39, 0.29) is 11.8 Å². The predicted octanol–water partition coefficient (Wildman–Crippen LogP) is 4.38. The Morgan fingerprint density at radius 2 is 1.66 bits per heavy atom. The van der Waals surface area contributed by atoms with Crippen molar-refractivity contribution in [2.75, 3.05) is 18.4 Å². The molecule has 1 aliphatic rings. The average Bonchev–Trinajstić information content (AvgIpc) is 2.73. The predicted molar refractivity (Wildman–Crippen MR) is 116 cm³/mol. The van der Waals surface area contributed by atoms with E-state index in [0.29, 0.717) is 30.8 Å². The molecule has 0 radical (unpaired) electrons. The fraction of sp³-hybridized carbons (Fsp3) is 0.435. The van der Waals surface area contributed by atoms with Crippen LogP contribution in [0.15, 0.2) is 53.4 Å². The Hall–Kier alpha value is -2.18. The lowest BCUT2D eigenvalue weighted by Gasteiger charge is -2.30. The number of nitrogens with one attached hydrogen (secondary N) is 1. The highest BCUT2D eigenvalue weighted by Gasteiger charge is 2.32. The van der Waals surface area contributed by atoms with Crippen molar-refractivity contribution in [3.05, 3.63) is 59.7 Å². The van der Waals surface area contributed by atoms with Crippen LogP contribution in [-0.2, 0) is 21.2 Å². The van der Waals surface area contributed by atoms with E-state index in [1.807, 2.05) is 19.1 Å². The molecule has 29 heavy (non-hydrogen) atoms. The molecule has 1 heterocycles. The van der Waals surface area contributed by atoms with Crippen molar-refractivity contribution >= 4 is 21.6 Å². The standard InChI is InChI=1S/C23H30N2O3S/c1-3-4-5-19-8-10-21(11-9-19)24-23(26)20-14-16-25(17-15-20)29(27,28)22-12-6-18(2)7-13-22/h6-13,20H,3-5,14-17H2,1-2H3,(H,24,26). The van der Waals surface area contributed by atoms with Gasteiger partial charge in [0.25, 0.3) is 0 Å². The largest absolute Gasteiger partial charge is 0.326 e. The van der Waals surface area contributed by atoms with Crippen molar-refractivity contribution < 1.29 is 13.2 Å². The van der Waals surface area contributed by atoms with E-state index in [2.05, 4.69) is 24.4 Å². The molecule has 1 amide bonds. The maximum Gasteiger partial charge on any atom is 0.243 e. The van der Waals surface area contributed by atoms with Crippen LogP contribution in [0.1, 0.15) is 43.7 Å². The summed E-state index contributed by atoms with van der Waals surface area (Å²) < 4.78 is 27.1. The van der Waals surface area contributed by atoms with Crippen LogP contribution >= 0.6 is 0 Å². The number of sulfonamides is 1. The number of anilines is 1. The topological polar surface area (TPSA) is 66.5 Å². The zero-order valence-corrected chi connectivity index (χ0v) is 18.0. The molecule has 1 aliphatic heterocycles. The maximum atomic E-state index is 12.8. The molecule has 3 rings (SSSR count). The highest BCUT2D eigenvalue weighted by atomic mass is 32.2. The number of hydrogen-bond acceptors (Lipinski definition) is 3. The molecule has 1 N–H and O–H groups in total. The van der Waals surface area contributed by atoms with Gasteiger partial charge in [0, 0.05) is 24.7 Å². The molecule has 0 spiro atoms. The Labute approximate surface area is 174 Å². The number of carbonyl (C=O) groups is 1. The number of aryl methyl sites for hydroxylation is 2. The fourth-order valence-corrected chi connectivity index (χ4v) is 5.07. The monoisotopic (exact) mass is 414 g/mol. The van der Waals surface area contributed by atoms with Gasteiger partial charge in [0.05, 0.1) is 4.90 Å². The first-order valence-corrected chi connectivity index (χ1v) is 11.8. The number of hydrogen-bond donors (Lipinski definition) is 1. The van der Waals surface area contributed by atoms with E-state index < -0.39 is 10.0 Å². The third-order valence-corrected chi connectivity index (χ3v) is 7.44. The Kier molecular flexibility index (Phi) is 7.09. The summed E-state index contributed by atoms with van der Waals surface area (Å²) in [4.78, 5) is 12.9. The molecule has 0 saturated carbocycles. The summed E-state index contributed by atoms with van der Waals surface area (Å²) in [5.41, 5.74) is 3.10. The quantitative estimate of drug-likeness (QED) is 0.731. The van der Waals surface area contributed by atoms with Gasteiger partial charge in [0.1, 0.15) is 0 Å². The minimum absolute atomic E-state index is 0.0290. The summed E-state index contributed by atoms with van der Waals surface area (Å²) in [7, 11) is -3.50. The summed E-state index contributed by atoms with van der Waals surface area (Å²) >= 11 is 0. The van der Waals surface area contributed by atoms with Gasteiger partial charge >= 0.3 is 0 Å². The van der Waals surface area contributed by atoms with Crippen molar-refractivity contribution in [1.82, 2.24) is 4.31 Å². The maximum absolute atomic E-state index is 12.8. The second-order valence-corrected chi connectivity index (χ2v) is 9.72. The van der Waals surface area contributed by atoms with Gasteiger partial charge < -0.3 is 5.32 Å². The van der Waals surface area contributed by atoms with Gasteiger partial charge in [-0.25, -0.2) is 8.42 Å². The second kappa shape index (κ2) is 9.55. The number of unbranched alkanes of at least 4 members (excludes halogenated alkanes) is 1. The first kappa shape index (κ1) is 21.5. The van der Waals surface area contributed by atoms with E-state index in [0.717, 1.165) is 30.5 Å². The van der Waals surface area contributed by atoms with Crippen LogP contribution in [0.25, 0.3) is 0 Å². The summed E-state index contributed by atoms with van der Waals surface area (Å²) in [5, 5.41) is 2.98. The van der Waals surface area contributed by atoms with Gasteiger partial charge in [0.15, 0.2) is 0 Å². The minimum atomic E-state index is -3.50. The molecule has 156 valence electrons. The smallest absolute Gasteiger partial charge is 0.243 e. The van der Waals surface area contributed by atoms with Crippen molar-refractivity contribution in [1.29, 1.82) is 0 Å². The van der Waals surface area contributed by atoms with E-state index in [9.17, 15) is 13.2 Å². The van der Waals surface area contributed by atoms with Crippen molar-refractivity contribution in [3.8, 4) is 0 Å². The molecular formula is C23H30N2O3S. The van der Waals surface area contributed by atoms with Crippen LogP contribution in [0.5, 0.6) is 0 Å². The molecule has 2 aromatic rings. The number of benzene rings is 2. The highest BCUT2D eigenvalue weighted by Crippen LogP contribution is 2.25. The first-order valence-electron chi connectivity index (χ1n) is 10.4. The van der Waals surface area contributed by atoms with Crippen LogP contribution in [0.2, 0.25) is 0 Å². The molecule has 1 fully saturated rings. The van der Waals surface area contributed by atoms with Crippen LogP contribution in [0.4, 0.5) is 5.69 Å². The Morgan fingerprint density at radius 3 is 2.24 bits per heavy atom. The third kappa shape index (κ3) is 5.46. The average molecular weight is 415 g/mol. The number of amides is 1. The lowest BCUT2D eigenvalue weighted by molar-refractivity contribution is -0.120.